The molecule has 7 heteroatoms. The van der Waals surface area contributed by atoms with Gasteiger partial charge in [0.2, 0.25) is 5.95 Å². The number of aliphatic hydroxyl groups is 1. The Hall–Kier alpha value is -3.58. The molecule has 0 aliphatic heterocycles. The van der Waals surface area contributed by atoms with Gasteiger partial charge in [0.1, 0.15) is 5.82 Å². The molecule has 0 saturated carbocycles. The molecule has 2 aromatic heterocycles. The van der Waals surface area contributed by atoms with Crippen LogP contribution in [0.25, 0.3) is 22.5 Å². The van der Waals surface area contributed by atoms with E-state index in [1.807, 2.05) is 24.3 Å². The van der Waals surface area contributed by atoms with Crippen molar-refractivity contribution in [2.24, 2.45) is 0 Å². The van der Waals surface area contributed by atoms with Crippen LogP contribution < -0.4 is 5.32 Å². The molecule has 146 valence electrons. The number of H-pyrrole nitrogens is 1. The Labute approximate surface area is 167 Å². The molecule has 0 bridgehead atoms. The average molecular weight is 389 g/mol. The number of aliphatic hydroxyl groups excluding tert-OH is 1. The monoisotopic (exact) mass is 389 g/mol. The zero-order valence-corrected chi connectivity index (χ0v) is 15.8. The van der Waals surface area contributed by atoms with Crippen LogP contribution in [-0.4, -0.2) is 31.4 Å². The van der Waals surface area contributed by atoms with Gasteiger partial charge < -0.3 is 10.4 Å². The average Bonchev–Trinajstić information content (AvgIpc) is 3.18. The van der Waals surface area contributed by atoms with Crippen LogP contribution >= 0.6 is 0 Å². The van der Waals surface area contributed by atoms with Crippen molar-refractivity contribution in [3.05, 3.63) is 78.4 Å². The van der Waals surface area contributed by atoms with Crippen LogP contribution in [0, 0.1) is 5.82 Å². The van der Waals surface area contributed by atoms with Gasteiger partial charge in [0.05, 0.1) is 23.7 Å². The summed E-state index contributed by atoms with van der Waals surface area (Å²) in [5.41, 5.74) is 4.92. The number of hydrogen-bond acceptors (Lipinski definition) is 5. The molecule has 0 saturated heterocycles. The maximum absolute atomic E-state index is 13.2. The summed E-state index contributed by atoms with van der Waals surface area (Å²) in [6.45, 7) is 1.76. The Morgan fingerprint density at radius 1 is 1.14 bits per heavy atom. The number of aromatic nitrogens is 4. The number of anilines is 2. The summed E-state index contributed by atoms with van der Waals surface area (Å²) >= 11 is 0. The molecule has 6 nitrogen and oxygen atoms in total. The summed E-state index contributed by atoms with van der Waals surface area (Å²) in [5, 5.41) is 19.9. The Morgan fingerprint density at radius 3 is 2.76 bits per heavy atom. The highest BCUT2D eigenvalue weighted by Crippen LogP contribution is 2.29. The van der Waals surface area contributed by atoms with E-state index in [-0.39, 0.29) is 5.82 Å². The van der Waals surface area contributed by atoms with Gasteiger partial charge in [-0.15, -0.1) is 0 Å². The van der Waals surface area contributed by atoms with E-state index < -0.39 is 6.10 Å². The topological polar surface area (TPSA) is 86.7 Å². The molecule has 0 aliphatic carbocycles. The van der Waals surface area contributed by atoms with Gasteiger partial charge in [0.15, 0.2) is 0 Å². The molecule has 2 heterocycles. The minimum Gasteiger partial charge on any atom is -0.393 e. The van der Waals surface area contributed by atoms with Crippen LogP contribution in [0.15, 0.2) is 67.0 Å². The third kappa shape index (κ3) is 4.47. The van der Waals surface area contributed by atoms with E-state index in [0.29, 0.717) is 18.1 Å². The maximum atomic E-state index is 13.2. The maximum Gasteiger partial charge on any atom is 0.227 e. The van der Waals surface area contributed by atoms with Gasteiger partial charge in [-0.05, 0) is 61.4 Å². The lowest BCUT2D eigenvalue weighted by atomic mass is 10.1. The summed E-state index contributed by atoms with van der Waals surface area (Å²) in [6.07, 6.45) is 3.53. The lowest BCUT2D eigenvalue weighted by Crippen LogP contribution is -2.04. The first-order chi connectivity index (χ1) is 14.1. The fourth-order valence-electron chi connectivity index (χ4n) is 3.13. The summed E-state index contributed by atoms with van der Waals surface area (Å²) in [6, 6.07) is 15.8. The molecule has 0 fully saturated rings. The second-order valence-corrected chi connectivity index (χ2v) is 6.81. The van der Waals surface area contributed by atoms with Crippen molar-refractivity contribution in [2.45, 2.75) is 19.4 Å². The van der Waals surface area contributed by atoms with Crippen molar-refractivity contribution < 1.29 is 9.50 Å². The standard InChI is InChI=1S/C22H20FN5O/c1-14(29)11-15-3-2-4-18(12-15)26-22-24-10-9-20(27-22)19-13-25-28-21(19)16-5-7-17(23)8-6-16/h2-10,12-14,29H,11H2,1H3,(H,25,28)(H,24,26,27). The molecule has 0 radical (unpaired) electrons. The van der Waals surface area contributed by atoms with E-state index in [1.165, 1.54) is 12.1 Å². The third-order valence-electron chi connectivity index (χ3n) is 4.42. The first-order valence-electron chi connectivity index (χ1n) is 9.25. The second-order valence-electron chi connectivity index (χ2n) is 6.81. The van der Waals surface area contributed by atoms with E-state index >= 15 is 0 Å². The fraction of sp³-hybridized carbons (Fsp3) is 0.136. The second kappa shape index (κ2) is 8.20. The smallest absolute Gasteiger partial charge is 0.227 e. The Bertz CT molecular complexity index is 1110. The quantitative estimate of drug-likeness (QED) is 0.457. The highest BCUT2D eigenvalue weighted by Gasteiger charge is 2.12. The van der Waals surface area contributed by atoms with Crippen molar-refractivity contribution in [1.29, 1.82) is 0 Å². The fourth-order valence-corrected chi connectivity index (χ4v) is 3.13. The number of nitrogens with zero attached hydrogens (tertiary/aromatic N) is 3. The molecule has 4 rings (SSSR count). The van der Waals surface area contributed by atoms with Crippen LogP contribution in [0.1, 0.15) is 12.5 Å². The molecule has 0 amide bonds. The summed E-state index contributed by atoms with van der Waals surface area (Å²) in [7, 11) is 0. The van der Waals surface area contributed by atoms with Crippen molar-refractivity contribution in [3.8, 4) is 22.5 Å². The van der Waals surface area contributed by atoms with Crippen molar-refractivity contribution in [3.63, 3.8) is 0 Å². The zero-order valence-electron chi connectivity index (χ0n) is 15.8. The first kappa shape index (κ1) is 18.8. The molecule has 29 heavy (non-hydrogen) atoms. The normalized spacial score (nSPS) is 12.0. The Balaban J connectivity index is 1.61. The molecule has 1 atom stereocenters. The van der Waals surface area contributed by atoms with Crippen LogP contribution in [0.5, 0.6) is 0 Å². The van der Waals surface area contributed by atoms with E-state index in [9.17, 15) is 9.50 Å². The van der Waals surface area contributed by atoms with E-state index in [2.05, 4.69) is 25.5 Å². The number of hydrogen-bond donors (Lipinski definition) is 3. The summed E-state index contributed by atoms with van der Waals surface area (Å²) in [5.74, 6) is 0.157. The summed E-state index contributed by atoms with van der Waals surface area (Å²) < 4.78 is 13.2. The number of aromatic amines is 1. The van der Waals surface area contributed by atoms with E-state index in [0.717, 1.165) is 28.1 Å². The zero-order chi connectivity index (χ0) is 20.2. The molecule has 1 unspecified atom stereocenters. The molecule has 0 spiro atoms. The minimum absolute atomic E-state index is 0.291. The lowest BCUT2D eigenvalue weighted by Gasteiger charge is -2.09. The molecule has 2 aromatic carbocycles. The van der Waals surface area contributed by atoms with E-state index in [1.54, 1.807) is 37.5 Å². The Morgan fingerprint density at radius 2 is 1.97 bits per heavy atom. The predicted molar refractivity (Wildman–Crippen MR) is 110 cm³/mol. The van der Waals surface area contributed by atoms with Gasteiger partial charge >= 0.3 is 0 Å². The van der Waals surface area contributed by atoms with Crippen LogP contribution in [0.3, 0.4) is 0 Å². The van der Waals surface area contributed by atoms with Gasteiger partial charge in [-0.2, -0.15) is 5.10 Å². The van der Waals surface area contributed by atoms with Crippen LogP contribution in [0.4, 0.5) is 16.0 Å². The van der Waals surface area contributed by atoms with Gasteiger partial charge in [0.25, 0.3) is 0 Å². The number of nitrogens with one attached hydrogen (secondary N) is 2. The lowest BCUT2D eigenvalue weighted by molar-refractivity contribution is 0.195. The number of benzene rings is 2. The largest absolute Gasteiger partial charge is 0.393 e. The number of halogens is 1. The molecular formula is C22H20FN5O. The molecule has 0 aliphatic rings. The molecule has 4 aromatic rings. The summed E-state index contributed by atoms with van der Waals surface area (Å²) in [4.78, 5) is 8.90. The highest BCUT2D eigenvalue weighted by molar-refractivity contribution is 5.78. The first-order valence-corrected chi connectivity index (χ1v) is 9.25. The van der Waals surface area contributed by atoms with E-state index in [4.69, 9.17) is 0 Å². The molecule has 3 N–H and O–H groups in total. The molecular weight excluding hydrogens is 369 g/mol. The van der Waals surface area contributed by atoms with Gasteiger partial charge in [-0.1, -0.05) is 12.1 Å². The van der Waals surface area contributed by atoms with Crippen molar-refractivity contribution in [2.75, 3.05) is 5.32 Å². The van der Waals surface area contributed by atoms with Crippen molar-refractivity contribution in [1.82, 2.24) is 20.2 Å². The van der Waals surface area contributed by atoms with Crippen LogP contribution in [-0.2, 0) is 6.42 Å². The number of rotatable bonds is 6. The van der Waals surface area contributed by atoms with Gasteiger partial charge in [-0.25, -0.2) is 14.4 Å². The predicted octanol–water partition coefficient (Wildman–Crippen LogP) is 4.34. The van der Waals surface area contributed by atoms with Crippen LogP contribution in [0.2, 0.25) is 0 Å². The minimum atomic E-state index is -0.407. The SMILES string of the molecule is CC(O)Cc1cccc(Nc2nccc(-c3cn[nH]c3-c3ccc(F)cc3)n2)c1. The van der Waals surface area contributed by atoms with Crippen molar-refractivity contribution >= 4 is 11.6 Å². The third-order valence-corrected chi connectivity index (χ3v) is 4.42. The van der Waals surface area contributed by atoms with Gasteiger partial charge in [0, 0.05) is 23.0 Å². The Kier molecular flexibility index (Phi) is 5.31. The highest BCUT2D eigenvalue weighted by atomic mass is 19.1. The van der Waals surface area contributed by atoms with Gasteiger partial charge in [-0.3, -0.25) is 5.10 Å².